The summed E-state index contributed by atoms with van der Waals surface area (Å²) in [6.45, 7) is 8.47. The number of amides is 2. The number of urea groups is 1. The molecule has 2 amide bonds. The van der Waals surface area contributed by atoms with Gasteiger partial charge in [0.05, 0.1) is 30.2 Å². The average Bonchev–Trinajstić information content (AvgIpc) is 3.53. The lowest BCUT2D eigenvalue weighted by Crippen LogP contribution is -2.47. The van der Waals surface area contributed by atoms with Crippen molar-refractivity contribution in [3.8, 4) is 5.75 Å². The molecular weight excluding hydrogens is 667 g/mol. The number of hydrogen-bond acceptors (Lipinski definition) is 8. The van der Waals surface area contributed by atoms with Gasteiger partial charge in [-0.15, -0.1) is 0 Å². The molecular formula is C35H44Cl2N8O4. The summed E-state index contributed by atoms with van der Waals surface area (Å²) in [6.07, 6.45) is 2.84. The Hall–Kier alpha value is -4.07. The molecule has 1 unspecified atom stereocenters. The van der Waals surface area contributed by atoms with Crippen molar-refractivity contribution in [1.82, 2.24) is 10.6 Å². The third-order valence-corrected chi connectivity index (χ3v) is 8.98. The van der Waals surface area contributed by atoms with Crippen molar-refractivity contribution < 1.29 is 19.0 Å². The summed E-state index contributed by atoms with van der Waals surface area (Å²) in [5.74, 6) is -0.776. The molecule has 4 N–H and O–H groups in total. The van der Waals surface area contributed by atoms with E-state index in [2.05, 4.69) is 61.6 Å². The molecule has 2 saturated heterocycles. The van der Waals surface area contributed by atoms with Crippen LogP contribution in [0, 0.1) is 0 Å². The number of carbonyl (C=O) groups excluding carboxylic acids is 1. The molecule has 3 aromatic rings. The molecule has 0 radical (unpaired) electrons. The predicted octanol–water partition coefficient (Wildman–Crippen LogP) is 5.43. The number of nitrogens with one attached hydrogen (secondary N) is 2. The number of anilines is 3. The van der Waals surface area contributed by atoms with Crippen LogP contribution in [0.4, 0.5) is 21.9 Å². The van der Waals surface area contributed by atoms with Crippen LogP contribution >= 0.6 is 23.2 Å². The van der Waals surface area contributed by atoms with Crippen molar-refractivity contribution in [1.29, 1.82) is 0 Å². The second kappa shape index (κ2) is 17.0. The first kappa shape index (κ1) is 36.2. The summed E-state index contributed by atoms with van der Waals surface area (Å²) < 4.78 is 18.3. The number of hydrogen-bond donors (Lipinski definition) is 3. The highest BCUT2D eigenvalue weighted by molar-refractivity contribution is 6.35. The van der Waals surface area contributed by atoms with Crippen LogP contribution in [0.3, 0.4) is 0 Å². The van der Waals surface area contributed by atoms with Crippen molar-refractivity contribution in [2.24, 2.45) is 15.7 Å². The number of carbonyl (C=O) groups is 1. The second-order valence-corrected chi connectivity index (χ2v) is 12.6. The number of rotatable bonds is 13. The van der Waals surface area contributed by atoms with Crippen LogP contribution in [-0.2, 0) is 15.4 Å². The van der Waals surface area contributed by atoms with Gasteiger partial charge in [-0.25, -0.2) is 14.8 Å². The van der Waals surface area contributed by atoms with E-state index in [1.807, 2.05) is 38.2 Å². The van der Waals surface area contributed by atoms with Crippen LogP contribution in [0.1, 0.15) is 25.8 Å². The van der Waals surface area contributed by atoms with Gasteiger partial charge in [-0.1, -0.05) is 30.1 Å². The van der Waals surface area contributed by atoms with Gasteiger partial charge in [-0.2, -0.15) is 0 Å². The second-order valence-electron chi connectivity index (χ2n) is 11.8. The van der Waals surface area contributed by atoms with E-state index >= 15 is 0 Å². The number of benzene rings is 3. The third-order valence-electron chi connectivity index (χ3n) is 8.43. The van der Waals surface area contributed by atoms with E-state index in [0.717, 1.165) is 61.8 Å². The lowest BCUT2D eigenvalue weighted by molar-refractivity contribution is -0.171. The van der Waals surface area contributed by atoms with E-state index in [0.29, 0.717) is 22.3 Å². The summed E-state index contributed by atoms with van der Waals surface area (Å²) in [7, 11) is 1.83. The highest BCUT2D eigenvalue weighted by Crippen LogP contribution is 2.40. The summed E-state index contributed by atoms with van der Waals surface area (Å²) in [5.41, 5.74) is 8.99. The zero-order valence-corrected chi connectivity index (χ0v) is 29.5. The zero-order chi connectivity index (χ0) is 34.8. The zero-order valence-electron chi connectivity index (χ0n) is 28.0. The smallest absolute Gasteiger partial charge is 0.323 e. The monoisotopic (exact) mass is 710 g/mol. The SMILES string of the molecule is CC[C@@H](C)NC(=O)N(CNC)c1ccc(N2CCN(c3ccc(OC[C@H]4COC(/N=C/N=CN)(c5ccc(Cl)cc5Cl)O4)cc3)CC2)cc1. The van der Waals surface area contributed by atoms with Crippen molar-refractivity contribution in [3.05, 3.63) is 82.3 Å². The maximum atomic E-state index is 12.8. The number of nitrogens with two attached hydrogens (primary N) is 1. The molecule has 2 heterocycles. The van der Waals surface area contributed by atoms with E-state index in [-0.39, 0.29) is 25.3 Å². The fourth-order valence-electron chi connectivity index (χ4n) is 5.59. The first-order valence-corrected chi connectivity index (χ1v) is 17.1. The minimum absolute atomic E-state index is 0.108. The Morgan fingerprint density at radius 3 is 2.33 bits per heavy atom. The molecule has 2 fully saturated rings. The van der Waals surface area contributed by atoms with Gasteiger partial charge >= 0.3 is 11.9 Å². The Bertz CT molecular complexity index is 1590. The van der Waals surface area contributed by atoms with Crippen molar-refractivity contribution in [3.63, 3.8) is 0 Å². The van der Waals surface area contributed by atoms with E-state index in [9.17, 15) is 4.79 Å². The van der Waals surface area contributed by atoms with E-state index in [1.54, 1.807) is 23.1 Å². The first-order valence-electron chi connectivity index (χ1n) is 16.3. The van der Waals surface area contributed by atoms with Crippen LogP contribution in [0.15, 0.2) is 76.7 Å². The highest BCUT2D eigenvalue weighted by Gasteiger charge is 2.45. The van der Waals surface area contributed by atoms with Gasteiger partial charge in [0.1, 0.15) is 24.8 Å². The standard InChI is InChI=1S/C35H44Cl2N8O4/c1-4-25(2)42-34(46)45(24-39-3)29-8-6-27(7-9-29)43-15-17-44(18-16-43)28-10-12-30(13-11-28)47-20-31-21-48-35(49-31,41-23-40-22-38)32-14-5-26(36)19-33(32)37/h5-14,19,22-23,25,31,39H,4,15-18,20-21,24H2,1-3H3,(H,42,46)(H2,38,40,41)/t25-,31+,35?/m1/s1. The summed E-state index contributed by atoms with van der Waals surface area (Å²) in [5, 5.41) is 6.98. The topological polar surface area (TPSA) is 129 Å². The summed E-state index contributed by atoms with van der Waals surface area (Å²) in [6, 6.07) is 21.3. The fourth-order valence-corrected chi connectivity index (χ4v) is 6.12. The number of ether oxygens (including phenoxy) is 3. The maximum Gasteiger partial charge on any atom is 0.323 e. The fraction of sp³-hybridized carbons (Fsp3) is 0.400. The minimum atomic E-state index is -1.49. The van der Waals surface area contributed by atoms with Gasteiger partial charge in [0, 0.05) is 54.3 Å². The van der Waals surface area contributed by atoms with Crippen LogP contribution in [-0.4, -0.2) is 84.0 Å². The maximum absolute atomic E-state index is 12.8. The van der Waals surface area contributed by atoms with Gasteiger partial charge in [-0.3, -0.25) is 4.90 Å². The number of nitrogens with zero attached hydrogens (tertiary/aromatic N) is 5. The molecule has 12 nitrogen and oxygen atoms in total. The first-order chi connectivity index (χ1) is 23.7. The molecule has 49 heavy (non-hydrogen) atoms. The van der Waals surface area contributed by atoms with Crippen LogP contribution in [0.5, 0.6) is 5.75 Å². The number of piperazine rings is 1. The predicted molar refractivity (Wildman–Crippen MR) is 198 cm³/mol. The van der Waals surface area contributed by atoms with Crippen LogP contribution < -0.4 is 35.8 Å². The van der Waals surface area contributed by atoms with Crippen LogP contribution in [0.25, 0.3) is 0 Å². The molecule has 0 saturated carbocycles. The molecule has 2 aliphatic rings. The van der Waals surface area contributed by atoms with Gasteiger partial charge in [-0.05, 0) is 87.1 Å². The van der Waals surface area contributed by atoms with E-state index < -0.39 is 12.0 Å². The molecule has 0 aromatic heterocycles. The quantitative estimate of drug-likeness (QED) is 0.122. The Morgan fingerprint density at radius 2 is 1.73 bits per heavy atom. The number of aliphatic imine (C=N–C) groups is 2. The molecule has 262 valence electrons. The Balaban J connectivity index is 1.13. The number of halogens is 2. The lowest BCUT2D eigenvalue weighted by atomic mass is 10.1. The molecule has 3 aromatic carbocycles. The van der Waals surface area contributed by atoms with Gasteiger partial charge in [0.15, 0.2) is 0 Å². The van der Waals surface area contributed by atoms with E-state index in [4.69, 9.17) is 43.1 Å². The minimum Gasteiger partial charge on any atom is -0.491 e. The lowest BCUT2D eigenvalue weighted by Gasteiger charge is -2.37. The summed E-state index contributed by atoms with van der Waals surface area (Å²) in [4.78, 5) is 27.5. The Labute approximate surface area is 297 Å². The molecule has 0 aliphatic carbocycles. The summed E-state index contributed by atoms with van der Waals surface area (Å²) >= 11 is 12.6. The van der Waals surface area contributed by atoms with Crippen molar-refractivity contribution >= 4 is 59.0 Å². The normalized spacial score (nSPS) is 20.2. The highest BCUT2D eigenvalue weighted by atomic mass is 35.5. The molecule has 2 aliphatic heterocycles. The molecule has 3 atom stereocenters. The molecule has 5 rings (SSSR count). The van der Waals surface area contributed by atoms with Gasteiger partial charge in [0.2, 0.25) is 0 Å². The molecule has 0 spiro atoms. The average molecular weight is 712 g/mol. The molecule has 0 bridgehead atoms. The van der Waals surface area contributed by atoms with Crippen molar-refractivity contribution in [2.75, 3.05) is 67.8 Å². The van der Waals surface area contributed by atoms with Gasteiger partial charge in [0.25, 0.3) is 0 Å². The largest absolute Gasteiger partial charge is 0.491 e. The Morgan fingerprint density at radius 1 is 1.08 bits per heavy atom. The van der Waals surface area contributed by atoms with Gasteiger partial charge < -0.3 is 40.4 Å². The van der Waals surface area contributed by atoms with Crippen LogP contribution in [0.2, 0.25) is 10.0 Å². The van der Waals surface area contributed by atoms with E-state index in [1.165, 1.54) is 6.34 Å². The van der Waals surface area contributed by atoms with Crippen molar-refractivity contribution in [2.45, 2.75) is 38.3 Å². The molecule has 14 heteroatoms. The Kier molecular flexibility index (Phi) is 12.6. The third kappa shape index (κ3) is 9.14.